The minimum absolute atomic E-state index is 0.806. The van der Waals surface area contributed by atoms with E-state index in [1.165, 1.54) is 0 Å². The van der Waals surface area contributed by atoms with Gasteiger partial charge in [0.1, 0.15) is 48.8 Å². The van der Waals surface area contributed by atoms with Crippen molar-refractivity contribution in [1.29, 1.82) is 0 Å². The highest BCUT2D eigenvalue weighted by Crippen LogP contribution is 2.40. The summed E-state index contributed by atoms with van der Waals surface area (Å²) < 4.78 is 25.6. The van der Waals surface area contributed by atoms with Crippen molar-refractivity contribution >= 4 is 7.82 Å². The summed E-state index contributed by atoms with van der Waals surface area (Å²) in [6.45, 7) is -2.95. The summed E-state index contributed by atoms with van der Waals surface area (Å²) in [4.78, 5) is 17.9. The highest BCUT2D eigenvalue weighted by Gasteiger charge is 2.48. The third-order valence-electron chi connectivity index (χ3n) is 3.86. The number of ether oxygens (including phenoxy) is 2. The molecule has 1 aliphatic rings. The lowest BCUT2D eigenvalue weighted by Crippen LogP contribution is -2.61. The van der Waals surface area contributed by atoms with Crippen LogP contribution in [0.4, 0.5) is 0 Å². The van der Waals surface area contributed by atoms with Gasteiger partial charge >= 0.3 is 7.82 Å². The van der Waals surface area contributed by atoms with Crippen LogP contribution in [0.15, 0.2) is 0 Å². The number of aliphatic hydroxyl groups is 8. The average molecular weight is 424 g/mol. The van der Waals surface area contributed by atoms with Gasteiger partial charge in [-0.2, -0.15) is 0 Å². The Balaban J connectivity index is 3.12. The maximum Gasteiger partial charge on any atom is 0.470 e. The molecule has 1 rings (SSSR count). The Labute approximate surface area is 153 Å². The molecule has 1 saturated heterocycles. The lowest BCUT2D eigenvalue weighted by atomic mass is 9.98. The van der Waals surface area contributed by atoms with Crippen LogP contribution in [0, 0.1) is 0 Å². The Kier molecular flexibility index (Phi) is 9.60. The molecule has 14 nitrogen and oxygen atoms in total. The summed E-state index contributed by atoms with van der Waals surface area (Å²) in [6.07, 6.45) is -16.9. The first kappa shape index (κ1) is 24.7. The van der Waals surface area contributed by atoms with Crippen LogP contribution in [0.25, 0.3) is 0 Å². The topological polar surface area (TPSA) is 247 Å². The van der Waals surface area contributed by atoms with Crippen LogP contribution < -0.4 is 0 Å². The van der Waals surface area contributed by atoms with E-state index in [4.69, 9.17) is 34.6 Å². The summed E-state index contributed by atoms with van der Waals surface area (Å²) in [5.74, 6) is 0. The van der Waals surface area contributed by atoms with Gasteiger partial charge in [0.2, 0.25) is 0 Å². The number of hydrogen-bond acceptors (Lipinski definition) is 12. The second-order valence-corrected chi connectivity index (χ2v) is 7.05. The first-order chi connectivity index (χ1) is 12.5. The third-order valence-corrected chi connectivity index (χ3v) is 4.37. The molecule has 0 spiro atoms. The first-order valence-corrected chi connectivity index (χ1v) is 9.27. The number of phosphoric acid groups is 1. The lowest BCUT2D eigenvalue weighted by Gasteiger charge is -2.42. The molecule has 0 aliphatic carbocycles. The molecule has 1 fully saturated rings. The molecule has 0 unspecified atom stereocenters. The number of aliphatic hydroxyl groups excluding tert-OH is 8. The predicted octanol–water partition coefficient (Wildman–Crippen LogP) is -5.64. The molecule has 1 heterocycles. The zero-order chi connectivity index (χ0) is 20.9. The highest BCUT2D eigenvalue weighted by atomic mass is 31.2. The van der Waals surface area contributed by atoms with E-state index in [9.17, 15) is 30.1 Å². The Bertz CT molecular complexity index is 485. The van der Waals surface area contributed by atoms with E-state index in [1.807, 2.05) is 0 Å². The molecule has 0 saturated carbocycles. The Morgan fingerprint density at radius 2 is 1.41 bits per heavy atom. The standard InChI is InChI=1S/C12H25O14P/c13-1-4(16)10(11(5(17)2-14)26-27(21,22)23)25-12-9(20)8(19)7(18)6(3-15)24-12/h4-20H,1-3H2,(H2,21,22,23)/t4-,5+,6-,7+,8+,9-,10-,11-,12+/m1/s1. The molecule has 0 bridgehead atoms. The second-order valence-electron chi connectivity index (χ2n) is 5.86. The summed E-state index contributed by atoms with van der Waals surface area (Å²) in [5, 5.41) is 76.4. The normalized spacial score (nSPS) is 34.1. The molecule has 0 aromatic carbocycles. The highest BCUT2D eigenvalue weighted by molar-refractivity contribution is 7.46. The van der Waals surface area contributed by atoms with Gasteiger partial charge in [-0.1, -0.05) is 0 Å². The minimum atomic E-state index is -5.28. The predicted molar refractivity (Wildman–Crippen MR) is 81.7 cm³/mol. The summed E-state index contributed by atoms with van der Waals surface area (Å²) in [7, 11) is -5.28. The van der Waals surface area contributed by atoms with Gasteiger partial charge in [-0.25, -0.2) is 4.57 Å². The SMILES string of the molecule is O=P(O)(O)O[C@@H]([C@H](O[C@@H]1O[C@H](CO)[C@H](O)[C@H](O)[C@H]1O)[C@H](O)CO)[C@@H](O)CO. The smallest absolute Gasteiger partial charge is 0.394 e. The monoisotopic (exact) mass is 424 g/mol. The van der Waals surface area contributed by atoms with Crippen molar-refractivity contribution in [3.63, 3.8) is 0 Å². The molecular formula is C12H25O14P. The van der Waals surface area contributed by atoms with Gasteiger partial charge in [-0.15, -0.1) is 0 Å². The fraction of sp³-hybridized carbons (Fsp3) is 1.00. The van der Waals surface area contributed by atoms with Crippen LogP contribution in [0.1, 0.15) is 0 Å². The first-order valence-electron chi connectivity index (χ1n) is 7.74. The van der Waals surface area contributed by atoms with E-state index in [-0.39, 0.29) is 0 Å². The molecule has 27 heavy (non-hydrogen) atoms. The quantitative estimate of drug-likeness (QED) is 0.147. The molecule has 10 N–H and O–H groups in total. The Morgan fingerprint density at radius 1 is 0.889 bits per heavy atom. The van der Waals surface area contributed by atoms with Crippen LogP contribution in [0.5, 0.6) is 0 Å². The second kappa shape index (κ2) is 10.5. The molecule has 0 aromatic rings. The summed E-state index contributed by atoms with van der Waals surface area (Å²) >= 11 is 0. The largest absolute Gasteiger partial charge is 0.470 e. The van der Waals surface area contributed by atoms with Crippen LogP contribution in [-0.2, 0) is 18.6 Å². The van der Waals surface area contributed by atoms with Gasteiger partial charge in [0.25, 0.3) is 0 Å². The number of rotatable bonds is 10. The maximum absolute atomic E-state index is 11.1. The zero-order valence-electron chi connectivity index (χ0n) is 13.9. The van der Waals surface area contributed by atoms with E-state index < -0.39 is 82.8 Å². The fourth-order valence-corrected chi connectivity index (χ4v) is 3.01. The fourth-order valence-electron chi connectivity index (χ4n) is 2.44. The van der Waals surface area contributed by atoms with Gasteiger partial charge in [-0.3, -0.25) is 4.52 Å². The van der Waals surface area contributed by atoms with Crippen LogP contribution in [-0.4, -0.2) is 126 Å². The van der Waals surface area contributed by atoms with Crippen molar-refractivity contribution in [1.82, 2.24) is 0 Å². The molecule has 162 valence electrons. The van der Waals surface area contributed by atoms with Crippen LogP contribution in [0.3, 0.4) is 0 Å². The molecule has 0 radical (unpaired) electrons. The lowest BCUT2D eigenvalue weighted by molar-refractivity contribution is -0.326. The van der Waals surface area contributed by atoms with Crippen molar-refractivity contribution in [2.75, 3.05) is 19.8 Å². The van der Waals surface area contributed by atoms with Crippen molar-refractivity contribution in [3.8, 4) is 0 Å². The van der Waals surface area contributed by atoms with Crippen molar-refractivity contribution in [2.24, 2.45) is 0 Å². The van der Waals surface area contributed by atoms with E-state index in [1.54, 1.807) is 0 Å². The minimum Gasteiger partial charge on any atom is -0.394 e. The molecule has 15 heteroatoms. The molecule has 9 atom stereocenters. The van der Waals surface area contributed by atoms with Crippen molar-refractivity contribution < 1.29 is 69.2 Å². The zero-order valence-corrected chi connectivity index (χ0v) is 14.8. The Morgan fingerprint density at radius 3 is 1.85 bits per heavy atom. The van der Waals surface area contributed by atoms with Gasteiger partial charge in [0, 0.05) is 0 Å². The van der Waals surface area contributed by atoms with E-state index >= 15 is 0 Å². The average Bonchev–Trinajstić information content (AvgIpc) is 2.62. The van der Waals surface area contributed by atoms with Crippen LogP contribution in [0.2, 0.25) is 0 Å². The van der Waals surface area contributed by atoms with E-state index in [0.29, 0.717) is 0 Å². The summed E-state index contributed by atoms with van der Waals surface area (Å²) in [6, 6.07) is 0. The van der Waals surface area contributed by atoms with E-state index in [0.717, 1.165) is 0 Å². The van der Waals surface area contributed by atoms with Gasteiger partial charge in [0.05, 0.1) is 19.8 Å². The Hall–Kier alpha value is -0.290. The van der Waals surface area contributed by atoms with Crippen molar-refractivity contribution in [3.05, 3.63) is 0 Å². The van der Waals surface area contributed by atoms with E-state index in [2.05, 4.69) is 4.52 Å². The number of phosphoric ester groups is 1. The summed E-state index contributed by atoms with van der Waals surface area (Å²) in [5.41, 5.74) is 0. The third kappa shape index (κ3) is 6.62. The van der Waals surface area contributed by atoms with Crippen molar-refractivity contribution in [2.45, 2.75) is 55.1 Å². The molecular weight excluding hydrogens is 399 g/mol. The number of hydrogen-bond donors (Lipinski definition) is 10. The molecule has 1 aliphatic heterocycles. The molecule has 0 aromatic heterocycles. The maximum atomic E-state index is 11.1. The van der Waals surface area contributed by atoms with Crippen LogP contribution >= 0.6 is 7.82 Å². The van der Waals surface area contributed by atoms with Gasteiger partial charge in [-0.05, 0) is 0 Å². The van der Waals surface area contributed by atoms with Gasteiger partial charge in [0.15, 0.2) is 6.29 Å². The molecule has 0 amide bonds. The van der Waals surface area contributed by atoms with Gasteiger partial charge < -0.3 is 60.1 Å².